The van der Waals surface area contributed by atoms with Crippen molar-refractivity contribution in [3.8, 4) is 0 Å². The predicted octanol–water partition coefficient (Wildman–Crippen LogP) is 6.62. The molecule has 188 valence electrons. The molecule has 4 fully saturated rings. The summed E-state index contributed by atoms with van der Waals surface area (Å²) >= 11 is 0. The lowest BCUT2D eigenvalue weighted by atomic mass is 9.33. The fourth-order valence-corrected chi connectivity index (χ4v) is 10.1. The molecule has 0 bridgehead atoms. The molecule has 0 aromatic carbocycles. The third kappa shape index (κ3) is 2.75. The molecule has 0 aliphatic heterocycles. The van der Waals surface area contributed by atoms with Gasteiger partial charge in [0.15, 0.2) is 5.78 Å². The second-order valence-electron chi connectivity index (χ2n) is 14.8. The molecular formula is C30H44O4. The molecule has 4 heteroatoms. The number of ketones is 2. The van der Waals surface area contributed by atoms with Gasteiger partial charge in [-0.05, 0) is 103 Å². The maximum Gasteiger partial charge on any atom is 0.317 e. The lowest BCUT2D eigenvalue weighted by Crippen LogP contribution is -2.67. The number of rotatable bonds is 1. The van der Waals surface area contributed by atoms with Gasteiger partial charge in [0.25, 0.3) is 0 Å². The molecule has 0 aromatic heterocycles. The Hall–Kier alpha value is -1.45. The minimum Gasteiger partial charge on any atom is -0.480 e. The highest BCUT2D eigenvalue weighted by Gasteiger charge is 2.71. The number of hydrogen-bond acceptors (Lipinski definition) is 3. The first kappa shape index (κ1) is 24.3. The summed E-state index contributed by atoms with van der Waals surface area (Å²) in [5, 5.41) is 10.2. The van der Waals surface area contributed by atoms with E-state index in [0.29, 0.717) is 24.2 Å². The van der Waals surface area contributed by atoms with Gasteiger partial charge in [0.2, 0.25) is 0 Å². The van der Waals surface area contributed by atoms with E-state index in [-0.39, 0.29) is 46.1 Å². The van der Waals surface area contributed by atoms with Crippen molar-refractivity contribution in [1.82, 2.24) is 0 Å². The topological polar surface area (TPSA) is 71.4 Å². The molecule has 5 aliphatic rings. The number of Topliss-reactive ketones (excluding diaryl/α,β-unsaturated/α-hetero) is 1. The molecule has 0 saturated heterocycles. The normalized spacial score (nSPS) is 52.0. The van der Waals surface area contributed by atoms with E-state index in [9.17, 15) is 19.5 Å². The number of carbonyl (C=O) groups excluding carboxylic acids is 2. The third-order valence-corrected chi connectivity index (χ3v) is 12.7. The van der Waals surface area contributed by atoms with Crippen LogP contribution in [0.4, 0.5) is 0 Å². The molecule has 1 N–H and O–H groups in total. The number of allylic oxidation sites excluding steroid dienone is 2. The van der Waals surface area contributed by atoms with Crippen LogP contribution in [0, 0.1) is 50.2 Å². The smallest absolute Gasteiger partial charge is 0.317 e. The van der Waals surface area contributed by atoms with Crippen LogP contribution in [0.15, 0.2) is 11.6 Å². The van der Waals surface area contributed by atoms with E-state index >= 15 is 0 Å². The number of aliphatic carboxylic acids is 1. The van der Waals surface area contributed by atoms with E-state index in [4.69, 9.17) is 0 Å². The van der Waals surface area contributed by atoms with Crippen LogP contribution in [-0.2, 0) is 14.4 Å². The molecule has 2 unspecified atom stereocenters. The molecule has 0 heterocycles. The average molecular weight is 469 g/mol. The third-order valence-electron chi connectivity index (χ3n) is 12.7. The van der Waals surface area contributed by atoms with E-state index in [1.165, 1.54) is 24.8 Å². The van der Waals surface area contributed by atoms with Gasteiger partial charge in [0.05, 0.1) is 0 Å². The predicted molar refractivity (Wildman–Crippen MR) is 132 cm³/mol. The summed E-state index contributed by atoms with van der Waals surface area (Å²) in [7, 11) is 0. The van der Waals surface area contributed by atoms with Crippen LogP contribution in [0.25, 0.3) is 0 Å². The molecule has 4 nitrogen and oxygen atoms in total. The maximum absolute atomic E-state index is 14.2. The first-order valence-electron chi connectivity index (χ1n) is 13.6. The molecule has 34 heavy (non-hydrogen) atoms. The lowest BCUT2D eigenvalue weighted by molar-refractivity contribution is -0.197. The van der Waals surface area contributed by atoms with E-state index in [2.05, 4.69) is 41.5 Å². The SMILES string of the molecule is CC1(C)CC[C@]2(C)CC[C@]3(C)C(=CC(=O)[C@@H]4[C@@]5(C)CCC(=O)C(C)(C(=O)O)C5CC[C@]43C)[C@H]2C1. The van der Waals surface area contributed by atoms with Gasteiger partial charge in [-0.2, -0.15) is 0 Å². The Bertz CT molecular complexity index is 1010. The van der Waals surface area contributed by atoms with Crippen LogP contribution in [0.3, 0.4) is 0 Å². The first-order valence-corrected chi connectivity index (χ1v) is 13.6. The van der Waals surface area contributed by atoms with E-state index in [0.717, 1.165) is 19.3 Å². The van der Waals surface area contributed by atoms with Gasteiger partial charge in [0, 0.05) is 12.3 Å². The van der Waals surface area contributed by atoms with Gasteiger partial charge in [0.1, 0.15) is 11.2 Å². The zero-order valence-electron chi connectivity index (χ0n) is 22.3. The number of carboxylic acids is 1. The minimum atomic E-state index is -1.39. The average Bonchev–Trinajstić information content (AvgIpc) is 2.73. The van der Waals surface area contributed by atoms with Crippen molar-refractivity contribution < 1.29 is 19.5 Å². The van der Waals surface area contributed by atoms with Gasteiger partial charge in [-0.25, -0.2) is 0 Å². The number of carbonyl (C=O) groups is 3. The van der Waals surface area contributed by atoms with Gasteiger partial charge in [-0.1, -0.05) is 47.1 Å². The quantitative estimate of drug-likeness (QED) is 0.439. The van der Waals surface area contributed by atoms with Crippen LogP contribution in [-0.4, -0.2) is 22.6 Å². The summed E-state index contributed by atoms with van der Waals surface area (Å²) in [6.45, 7) is 15.8. The van der Waals surface area contributed by atoms with Crippen LogP contribution < -0.4 is 0 Å². The largest absolute Gasteiger partial charge is 0.480 e. The van der Waals surface area contributed by atoms with Crippen LogP contribution in [0.1, 0.15) is 106 Å². The zero-order chi connectivity index (χ0) is 25.1. The fourth-order valence-electron chi connectivity index (χ4n) is 10.1. The molecular weight excluding hydrogens is 424 g/mol. The Kier molecular flexibility index (Phi) is 4.89. The summed E-state index contributed by atoms with van der Waals surface area (Å²) in [5.74, 6) is -1.03. The molecule has 0 amide bonds. The van der Waals surface area contributed by atoms with E-state index in [1.807, 2.05) is 6.08 Å². The standard InChI is InChI=1S/C30H44O4/c1-25(2)12-13-26(3)14-15-28(5)18(19(26)17-25)16-20(31)23-27(4)10-9-22(32)30(7,24(33)34)21(27)8-11-29(23,28)6/h16,19,21,23H,8-15,17H2,1-7H3,(H,33,34)/t19-,21?,23-,26-,27+,28-,29-,30?/m1/s1. The Balaban J connectivity index is 1.64. The summed E-state index contributed by atoms with van der Waals surface area (Å²) in [5.41, 5.74) is -0.167. The first-order chi connectivity index (χ1) is 15.6. The van der Waals surface area contributed by atoms with Crippen molar-refractivity contribution in [2.75, 3.05) is 0 Å². The number of fused-ring (bicyclic) bond motifs is 7. The van der Waals surface area contributed by atoms with Crippen molar-refractivity contribution >= 4 is 17.5 Å². The van der Waals surface area contributed by atoms with Gasteiger partial charge in [-0.3, -0.25) is 14.4 Å². The summed E-state index contributed by atoms with van der Waals surface area (Å²) in [6, 6.07) is 0. The Morgan fingerprint density at radius 3 is 2.21 bits per heavy atom. The highest BCUT2D eigenvalue weighted by atomic mass is 16.4. The maximum atomic E-state index is 14.2. The Morgan fingerprint density at radius 2 is 1.56 bits per heavy atom. The van der Waals surface area contributed by atoms with Gasteiger partial charge in [-0.15, -0.1) is 0 Å². The molecule has 4 saturated carbocycles. The second kappa shape index (κ2) is 6.85. The summed E-state index contributed by atoms with van der Waals surface area (Å²) in [4.78, 5) is 39.6. The van der Waals surface area contributed by atoms with Crippen LogP contribution in [0.2, 0.25) is 0 Å². The van der Waals surface area contributed by atoms with Crippen LogP contribution >= 0.6 is 0 Å². The monoisotopic (exact) mass is 468 g/mol. The highest BCUT2D eigenvalue weighted by molar-refractivity contribution is 6.04. The van der Waals surface area contributed by atoms with E-state index in [1.54, 1.807) is 6.92 Å². The number of hydrogen-bond donors (Lipinski definition) is 1. The Labute approximate surface area is 205 Å². The molecule has 0 radical (unpaired) electrons. The molecule has 5 aliphatic carbocycles. The molecule has 0 spiro atoms. The lowest BCUT2D eigenvalue weighted by Gasteiger charge is -2.69. The molecule has 8 atom stereocenters. The van der Waals surface area contributed by atoms with Gasteiger partial charge < -0.3 is 5.11 Å². The van der Waals surface area contributed by atoms with Crippen molar-refractivity contribution in [2.24, 2.45) is 50.2 Å². The fraction of sp³-hybridized carbons (Fsp3) is 0.833. The van der Waals surface area contributed by atoms with Crippen molar-refractivity contribution in [3.05, 3.63) is 11.6 Å². The summed E-state index contributed by atoms with van der Waals surface area (Å²) in [6.07, 6.45) is 10.4. The van der Waals surface area contributed by atoms with Crippen molar-refractivity contribution in [2.45, 2.75) is 106 Å². The molecule has 0 aromatic rings. The van der Waals surface area contributed by atoms with Gasteiger partial charge >= 0.3 is 5.97 Å². The zero-order valence-corrected chi connectivity index (χ0v) is 22.3. The van der Waals surface area contributed by atoms with E-state index < -0.39 is 16.8 Å². The van der Waals surface area contributed by atoms with Crippen molar-refractivity contribution in [1.29, 1.82) is 0 Å². The van der Waals surface area contributed by atoms with Crippen molar-refractivity contribution in [3.63, 3.8) is 0 Å². The second-order valence-corrected chi connectivity index (χ2v) is 14.8. The van der Waals surface area contributed by atoms with Crippen LogP contribution in [0.5, 0.6) is 0 Å². The molecule has 5 rings (SSSR count). The minimum absolute atomic E-state index is 0.0573. The Morgan fingerprint density at radius 1 is 0.912 bits per heavy atom. The highest BCUT2D eigenvalue weighted by Crippen LogP contribution is 2.74. The summed E-state index contributed by atoms with van der Waals surface area (Å²) < 4.78 is 0. The number of carboxylic acid groups (broad SMARTS) is 1.